The minimum absolute atomic E-state index is 0.829. The Hall–Kier alpha value is -0.540. The normalized spacial score (nSPS) is 16.7. The quantitative estimate of drug-likeness (QED) is 0.797. The maximum absolute atomic E-state index is 5.77. The molecule has 1 fully saturated rings. The van der Waals surface area contributed by atoms with Gasteiger partial charge in [0.05, 0.1) is 30.7 Å². The Morgan fingerprint density at radius 3 is 2.61 bits per heavy atom. The number of unbranched alkanes of at least 4 members (excludes halogenated alkanes) is 1. The van der Waals surface area contributed by atoms with E-state index in [1.807, 2.05) is 24.3 Å². The Morgan fingerprint density at radius 2 is 1.83 bits per heavy atom. The molecule has 1 heterocycles. The summed E-state index contributed by atoms with van der Waals surface area (Å²) in [5.41, 5.74) is 0. The van der Waals surface area contributed by atoms with Crippen LogP contribution in [-0.2, 0) is 0 Å². The van der Waals surface area contributed by atoms with Crippen LogP contribution < -0.4 is 9.64 Å². The van der Waals surface area contributed by atoms with Gasteiger partial charge in [0.1, 0.15) is 5.75 Å². The van der Waals surface area contributed by atoms with Crippen LogP contribution in [0, 0.1) is 0 Å². The Bertz CT molecular complexity index is 350. The molecule has 0 aliphatic carbocycles. The van der Waals surface area contributed by atoms with E-state index in [2.05, 4.69) is 15.9 Å². The third-order valence-electron chi connectivity index (χ3n) is 3.58. The largest absolute Gasteiger partial charge is 0.492 e. The predicted molar refractivity (Wildman–Crippen MR) is 78.3 cm³/mol. The highest BCUT2D eigenvalue weighted by atomic mass is 79.9. The second-order valence-corrected chi connectivity index (χ2v) is 5.90. The lowest BCUT2D eigenvalue weighted by Crippen LogP contribution is -3.12. The van der Waals surface area contributed by atoms with E-state index < -0.39 is 0 Å². The minimum Gasteiger partial charge on any atom is -0.492 e. The zero-order valence-corrected chi connectivity index (χ0v) is 12.5. The zero-order valence-electron chi connectivity index (χ0n) is 11.0. The van der Waals surface area contributed by atoms with Gasteiger partial charge in [0.15, 0.2) is 0 Å². The number of para-hydroxylation sites is 1. The molecule has 1 aliphatic rings. The van der Waals surface area contributed by atoms with Crippen LogP contribution in [0.3, 0.4) is 0 Å². The highest BCUT2D eigenvalue weighted by Crippen LogP contribution is 2.23. The zero-order chi connectivity index (χ0) is 12.6. The summed E-state index contributed by atoms with van der Waals surface area (Å²) >= 11 is 3.50. The van der Waals surface area contributed by atoms with Crippen LogP contribution >= 0.6 is 15.9 Å². The lowest BCUT2D eigenvalue weighted by atomic mass is 10.1. The van der Waals surface area contributed by atoms with Crippen LogP contribution in [-0.4, -0.2) is 26.2 Å². The molecule has 3 heteroatoms. The molecule has 0 bridgehead atoms. The maximum atomic E-state index is 5.77. The van der Waals surface area contributed by atoms with Gasteiger partial charge >= 0.3 is 0 Å². The van der Waals surface area contributed by atoms with Gasteiger partial charge < -0.3 is 9.64 Å². The predicted octanol–water partition coefficient (Wildman–Crippen LogP) is 2.68. The molecule has 0 amide bonds. The first-order chi connectivity index (χ1) is 8.86. The first-order valence-corrected chi connectivity index (χ1v) is 7.86. The van der Waals surface area contributed by atoms with Crippen LogP contribution in [0.25, 0.3) is 0 Å². The number of quaternary nitrogens is 1. The topological polar surface area (TPSA) is 13.7 Å². The average Bonchev–Trinajstić information content (AvgIpc) is 2.42. The van der Waals surface area contributed by atoms with Crippen LogP contribution in [0.5, 0.6) is 5.75 Å². The number of rotatable bonds is 6. The van der Waals surface area contributed by atoms with E-state index in [1.165, 1.54) is 45.3 Å². The fraction of sp³-hybridized carbons (Fsp3) is 0.600. The molecule has 0 aromatic heterocycles. The van der Waals surface area contributed by atoms with E-state index in [4.69, 9.17) is 4.74 Å². The summed E-state index contributed by atoms with van der Waals surface area (Å²) in [4.78, 5) is 1.79. The molecule has 0 radical (unpaired) electrons. The molecule has 1 N–H and O–H groups in total. The lowest BCUT2D eigenvalue weighted by Gasteiger charge is -2.23. The molecular formula is C15H23BrNO+. The second-order valence-electron chi connectivity index (χ2n) is 5.05. The number of hydrogen-bond donors (Lipinski definition) is 1. The van der Waals surface area contributed by atoms with Crippen LogP contribution in [0.1, 0.15) is 32.1 Å². The number of likely N-dealkylation sites (tertiary alicyclic amines) is 1. The Labute approximate surface area is 118 Å². The first kappa shape index (κ1) is 13.9. The van der Waals surface area contributed by atoms with Crippen LogP contribution in [0.4, 0.5) is 0 Å². The molecule has 1 aliphatic heterocycles. The van der Waals surface area contributed by atoms with Gasteiger partial charge in [0, 0.05) is 0 Å². The minimum atomic E-state index is 0.829. The molecule has 2 rings (SSSR count). The number of halogens is 1. The summed E-state index contributed by atoms with van der Waals surface area (Å²) in [6, 6.07) is 8.06. The third-order valence-corrected chi connectivity index (χ3v) is 4.23. The standard InChI is InChI=1S/C15H22BrNO/c16-14-8-2-3-9-15(14)18-13-7-6-12-17-10-4-1-5-11-17/h2-3,8-9H,1,4-7,10-13H2/p+1. The molecule has 0 unspecified atom stereocenters. The van der Waals surface area contributed by atoms with Crippen LogP contribution in [0.15, 0.2) is 28.7 Å². The average molecular weight is 313 g/mol. The number of benzene rings is 1. The van der Waals surface area contributed by atoms with E-state index >= 15 is 0 Å². The first-order valence-electron chi connectivity index (χ1n) is 7.07. The molecule has 1 aromatic rings. The summed E-state index contributed by atoms with van der Waals surface area (Å²) < 4.78 is 6.82. The summed E-state index contributed by atoms with van der Waals surface area (Å²) in [5.74, 6) is 0.961. The number of piperidine rings is 1. The fourth-order valence-corrected chi connectivity index (χ4v) is 2.92. The summed E-state index contributed by atoms with van der Waals surface area (Å²) in [6.45, 7) is 4.91. The molecule has 0 saturated carbocycles. The monoisotopic (exact) mass is 312 g/mol. The van der Waals surface area contributed by atoms with Gasteiger partial charge in [-0.3, -0.25) is 0 Å². The van der Waals surface area contributed by atoms with E-state index in [9.17, 15) is 0 Å². The van der Waals surface area contributed by atoms with Crippen molar-refractivity contribution in [1.82, 2.24) is 0 Å². The molecule has 1 saturated heterocycles. The van der Waals surface area contributed by atoms with Crippen molar-refractivity contribution in [2.24, 2.45) is 0 Å². The number of ether oxygens (including phenoxy) is 1. The van der Waals surface area contributed by atoms with Gasteiger partial charge in [0.25, 0.3) is 0 Å². The van der Waals surface area contributed by atoms with E-state index in [0.29, 0.717) is 0 Å². The molecule has 0 spiro atoms. The second kappa shape index (κ2) is 7.80. The SMILES string of the molecule is Brc1ccccc1OCCCC[NH+]1CCCCC1. The van der Waals surface area contributed by atoms with Crippen molar-refractivity contribution < 1.29 is 9.64 Å². The van der Waals surface area contributed by atoms with Crippen molar-refractivity contribution in [3.05, 3.63) is 28.7 Å². The fourth-order valence-electron chi connectivity index (χ4n) is 2.52. The van der Waals surface area contributed by atoms with Crippen molar-refractivity contribution >= 4 is 15.9 Å². The molecule has 1 aromatic carbocycles. The summed E-state index contributed by atoms with van der Waals surface area (Å²) in [5, 5.41) is 0. The van der Waals surface area contributed by atoms with Crippen molar-refractivity contribution in [3.63, 3.8) is 0 Å². The number of hydrogen-bond acceptors (Lipinski definition) is 1. The van der Waals surface area contributed by atoms with Gasteiger partial charge in [0.2, 0.25) is 0 Å². The van der Waals surface area contributed by atoms with E-state index in [1.54, 1.807) is 4.90 Å². The van der Waals surface area contributed by atoms with Crippen molar-refractivity contribution in [2.45, 2.75) is 32.1 Å². The lowest BCUT2D eigenvalue weighted by molar-refractivity contribution is -0.905. The molecule has 18 heavy (non-hydrogen) atoms. The van der Waals surface area contributed by atoms with Gasteiger partial charge in [-0.15, -0.1) is 0 Å². The Morgan fingerprint density at radius 1 is 1.06 bits per heavy atom. The van der Waals surface area contributed by atoms with Gasteiger partial charge in [-0.25, -0.2) is 0 Å². The Kier molecular flexibility index (Phi) is 6.01. The third kappa shape index (κ3) is 4.62. The van der Waals surface area contributed by atoms with E-state index in [-0.39, 0.29) is 0 Å². The van der Waals surface area contributed by atoms with Gasteiger partial charge in [-0.05, 0) is 60.2 Å². The number of nitrogens with one attached hydrogen (secondary N) is 1. The summed E-state index contributed by atoms with van der Waals surface area (Å²) in [6.07, 6.45) is 6.71. The van der Waals surface area contributed by atoms with Crippen molar-refractivity contribution in [1.29, 1.82) is 0 Å². The maximum Gasteiger partial charge on any atom is 0.133 e. The summed E-state index contributed by atoms with van der Waals surface area (Å²) in [7, 11) is 0. The molecule has 0 atom stereocenters. The van der Waals surface area contributed by atoms with Crippen molar-refractivity contribution in [2.75, 3.05) is 26.2 Å². The Balaban J connectivity index is 1.57. The van der Waals surface area contributed by atoms with Crippen molar-refractivity contribution in [3.8, 4) is 5.75 Å². The molecule has 2 nitrogen and oxygen atoms in total. The highest BCUT2D eigenvalue weighted by Gasteiger charge is 2.12. The van der Waals surface area contributed by atoms with Crippen LogP contribution in [0.2, 0.25) is 0 Å². The van der Waals surface area contributed by atoms with Gasteiger partial charge in [-0.1, -0.05) is 12.1 Å². The smallest absolute Gasteiger partial charge is 0.133 e. The van der Waals surface area contributed by atoms with E-state index in [0.717, 1.165) is 23.2 Å². The molecular weight excluding hydrogens is 290 g/mol. The highest BCUT2D eigenvalue weighted by molar-refractivity contribution is 9.10. The molecule has 100 valence electrons. The van der Waals surface area contributed by atoms with Gasteiger partial charge in [-0.2, -0.15) is 0 Å².